The normalized spacial score (nSPS) is 13.9. The molecule has 3 aromatic rings. The Bertz CT molecular complexity index is 1150. The highest BCUT2D eigenvalue weighted by Gasteiger charge is 2.29. The van der Waals surface area contributed by atoms with Crippen molar-refractivity contribution in [3.8, 4) is 11.1 Å². The number of rotatable bonds is 10. The molecule has 1 heterocycles. The van der Waals surface area contributed by atoms with Crippen LogP contribution in [0.1, 0.15) is 47.7 Å². The van der Waals surface area contributed by atoms with E-state index in [1.165, 1.54) is 22.5 Å². The summed E-state index contributed by atoms with van der Waals surface area (Å²) in [5.41, 5.74) is 4.66. The number of carboxylic acid groups (broad SMARTS) is 1. The molecule has 0 bridgehead atoms. The molecule has 2 aromatic carbocycles. The van der Waals surface area contributed by atoms with Crippen LogP contribution in [0.2, 0.25) is 0 Å². The number of carbonyl (C=O) groups excluding carboxylic acids is 2. The number of carbonyl (C=O) groups is 3. The molecule has 2 atom stereocenters. The van der Waals surface area contributed by atoms with Gasteiger partial charge in [-0.2, -0.15) is 0 Å². The number of benzene rings is 2. The molecule has 0 aliphatic heterocycles. The molecule has 3 N–H and O–H groups in total. The van der Waals surface area contributed by atoms with E-state index in [4.69, 9.17) is 4.74 Å². The van der Waals surface area contributed by atoms with Crippen LogP contribution in [0.3, 0.4) is 0 Å². The fourth-order valence-corrected chi connectivity index (χ4v) is 5.19. The maximum absolute atomic E-state index is 12.3. The average Bonchev–Trinajstić information content (AvgIpc) is 3.48. The Morgan fingerprint density at radius 3 is 2.26 bits per heavy atom. The van der Waals surface area contributed by atoms with Crippen molar-refractivity contribution in [2.75, 3.05) is 13.2 Å². The molecule has 1 aliphatic rings. The van der Waals surface area contributed by atoms with Crippen LogP contribution in [0.5, 0.6) is 0 Å². The van der Waals surface area contributed by atoms with Crippen molar-refractivity contribution in [3.63, 3.8) is 0 Å². The number of alkyl carbamates (subject to hydrolysis) is 1. The third-order valence-electron chi connectivity index (χ3n) is 6.16. The molecule has 2 unspecified atom stereocenters. The van der Waals surface area contributed by atoms with Gasteiger partial charge in [0, 0.05) is 23.8 Å². The van der Waals surface area contributed by atoms with Crippen LogP contribution in [-0.4, -0.2) is 36.2 Å². The molecule has 0 radical (unpaired) electrons. The molecule has 0 fully saturated rings. The van der Waals surface area contributed by atoms with Crippen molar-refractivity contribution in [1.29, 1.82) is 0 Å². The predicted molar refractivity (Wildman–Crippen MR) is 134 cm³/mol. The zero-order valence-corrected chi connectivity index (χ0v) is 20.2. The number of carboxylic acids is 1. The van der Waals surface area contributed by atoms with Gasteiger partial charge in [-0.25, -0.2) is 9.59 Å². The first-order chi connectivity index (χ1) is 16.9. The number of fused-ring (bicyclic) bond motifs is 3. The maximum atomic E-state index is 12.3. The maximum Gasteiger partial charge on any atom is 0.407 e. The predicted octanol–water partition coefficient (Wildman–Crippen LogP) is 4.95. The number of amides is 2. The summed E-state index contributed by atoms with van der Waals surface area (Å²) >= 11 is 1.29. The van der Waals surface area contributed by atoms with Gasteiger partial charge in [0.25, 0.3) is 0 Å². The summed E-state index contributed by atoms with van der Waals surface area (Å²) < 4.78 is 5.53. The van der Waals surface area contributed by atoms with Gasteiger partial charge in [-0.15, -0.1) is 11.3 Å². The van der Waals surface area contributed by atoms with Crippen molar-refractivity contribution in [2.45, 2.75) is 31.7 Å². The minimum atomic E-state index is -1.09. The molecule has 0 saturated carbocycles. The van der Waals surface area contributed by atoms with Crippen LogP contribution in [0, 0.1) is 5.92 Å². The Hall–Kier alpha value is -3.65. The summed E-state index contributed by atoms with van der Waals surface area (Å²) in [7, 11) is 0. The Morgan fingerprint density at radius 1 is 1.00 bits per heavy atom. The second-order valence-corrected chi connectivity index (χ2v) is 9.68. The lowest BCUT2D eigenvalue weighted by molar-refractivity contribution is -0.142. The third-order valence-corrected chi connectivity index (χ3v) is 7.10. The zero-order valence-electron chi connectivity index (χ0n) is 19.4. The van der Waals surface area contributed by atoms with Crippen molar-refractivity contribution in [3.05, 3.63) is 82.0 Å². The van der Waals surface area contributed by atoms with Gasteiger partial charge >= 0.3 is 12.1 Å². The molecule has 0 spiro atoms. The topological polar surface area (TPSA) is 105 Å². The summed E-state index contributed by atoms with van der Waals surface area (Å²) in [6.07, 6.45) is 0.239. The van der Waals surface area contributed by atoms with E-state index in [2.05, 4.69) is 34.9 Å². The van der Waals surface area contributed by atoms with Crippen molar-refractivity contribution < 1.29 is 24.2 Å². The number of hydrogen-bond donors (Lipinski definition) is 3. The quantitative estimate of drug-likeness (QED) is 0.372. The van der Waals surface area contributed by atoms with Crippen molar-refractivity contribution in [2.24, 2.45) is 5.92 Å². The lowest BCUT2D eigenvalue weighted by atomic mass is 9.98. The minimum Gasteiger partial charge on any atom is -0.479 e. The van der Waals surface area contributed by atoms with Crippen LogP contribution in [0.25, 0.3) is 11.1 Å². The number of aliphatic carboxylic acids is 1. The molecular weight excluding hydrogens is 464 g/mol. The second-order valence-electron chi connectivity index (χ2n) is 8.70. The first kappa shape index (κ1) is 24.5. The Kier molecular flexibility index (Phi) is 7.82. The van der Waals surface area contributed by atoms with Crippen LogP contribution in [0.15, 0.2) is 66.0 Å². The largest absolute Gasteiger partial charge is 0.479 e. The van der Waals surface area contributed by atoms with Crippen LogP contribution in [0.4, 0.5) is 4.79 Å². The third kappa shape index (κ3) is 5.89. The van der Waals surface area contributed by atoms with E-state index < -0.39 is 18.1 Å². The first-order valence-electron chi connectivity index (χ1n) is 11.6. The van der Waals surface area contributed by atoms with Crippen molar-refractivity contribution >= 4 is 29.3 Å². The molecule has 7 nitrogen and oxygen atoms in total. The lowest BCUT2D eigenvalue weighted by Gasteiger charge is -2.17. The highest BCUT2D eigenvalue weighted by Crippen LogP contribution is 2.44. The zero-order chi connectivity index (χ0) is 24.8. The van der Waals surface area contributed by atoms with Crippen LogP contribution in [-0.2, 0) is 14.3 Å². The van der Waals surface area contributed by atoms with Gasteiger partial charge < -0.3 is 20.5 Å². The van der Waals surface area contributed by atoms with E-state index >= 15 is 0 Å². The van der Waals surface area contributed by atoms with Gasteiger partial charge in [-0.3, -0.25) is 4.79 Å². The first-order valence-corrected chi connectivity index (χ1v) is 12.5. The fraction of sp³-hybridized carbons (Fsp3) is 0.296. The number of thiophene rings is 1. The molecule has 182 valence electrons. The SMILES string of the molecule is CC(CCNC(=O)OCC1c2ccccc2-c2ccccc21)CC(=O)NC(C(=O)O)c1cccs1. The molecule has 35 heavy (non-hydrogen) atoms. The van der Waals surface area contributed by atoms with Gasteiger partial charge in [0.2, 0.25) is 5.91 Å². The molecule has 4 rings (SSSR count). The molecule has 1 aromatic heterocycles. The summed E-state index contributed by atoms with van der Waals surface area (Å²) in [6, 6.07) is 18.7. The van der Waals surface area contributed by atoms with E-state index in [1.807, 2.05) is 31.2 Å². The van der Waals surface area contributed by atoms with E-state index in [0.717, 1.165) is 11.1 Å². The molecule has 8 heteroatoms. The van der Waals surface area contributed by atoms with Gasteiger partial charge in [0.05, 0.1) is 0 Å². The molecule has 2 amide bonds. The monoisotopic (exact) mass is 492 g/mol. The summed E-state index contributed by atoms with van der Waals surface area (Å²) in [4.78, 5) is 36.7. The van der Waals surface area contributed by atoms with Crippen LogP contribution >= 0.6 is 11.3 Å². The standard InChI is InChI=1S/C27H28N2O5S/c1-17(15-24(30)29-25(26(31)32)23-11-6-14-35-23)12-13-28-27(33)34-16-22-20-9-4-2-7-18(20)19-8-3-5-10-21(19)22/h2-11,14,17,22,25H,12-13,15-16H2,1H3,(H,28,33)(H,29,30)(H,31,32). The average molecular weight is 493 g/mol. The lowest BCUT2D eigenvalue weighted by Crippen LogP contribution is -2.34. The number of ether oxygens (including phenoxy) is 1. The fourth-order valence-electron chi connectivity index (χ4n) is 4.42. The Labute approximate surface area is 208 Å². The van der Waals surface area contributed by atoms with Gasteiger partial charge in [0.15, 0.2) is 6.04 Å². The van der Waals surface area contributed by atoms with Crippen molar-refractivity contribution in [1.82, 2.24) is 10.6 Å². The number of nitrogens with one attached hydrogen (secondary N) is 2. The highest BCUT2D eigenvalue weighted by molar-refractivity contribution is 7.10. The van der Waals surface area contributed by atoms with Crippen LogP contribution < -0.4 is 10.6 Å². The molecule has 1 aliphatic carbocycles. The van der Waals surface area contributed by atoms with E-state index in [-0.39, 0.29) is 30.8 Å². The van der Waals surface area contributed by atoms with Gasteiger partial charge in [-0.1, -0.05) is 61.5 Å². The number of hydrogen-bond acceptors (Lipinski definition) is 5. The second kappa shape index (κ2) is 11.2. The smallest absolute Gasteiger partial charge is 0.407 e. The Balaban J connectivity index is 1.21. The summed E-state index contributed by atoms with van der Waals surface area (Å²) in [6.45, 7) is 2.50. The van der Waals surface area contributed by atoms with Gasteiger partial charge in [0.1, 0.15) is 6.61 Å². The van der Waals surface area contributed by atoms with E-state index in [1.54, 1.807) is 17.5 Å². The van der Waals surface area contributed by atoms with E-state index in [9.17, 15) is 19.5 Å². The van der Waals surface area contributed by atoms with E-state index in [0.29, 0.717) is 17.8 Å². The molecular formula is C27H28N2O5S. The summed E-state index contributed by atoms with van der Waals surface area (Å²) in [5.74, 6) is -1.47. The Morgan fingerprint density at radius 2 is 1.66 bits per heavy atom. The van der Waals surface area contributed by atoms with Gasteiger partial charge in [-0.05, 0) is 46.0 Å². The molecule has 0 saturated heterocycles. The minimum absolute atomic E-state index is 0.00120. The highest BCUT2D eigenvalue weighted by atomic mass is 32.1. The summed E-state index contributed by atoms with van der Waals surface area (Å²) in [5, 5.41) is 16.5.